The number of amides is 1. The van der Waals surface area contributed by atoms with Crippen molar-refractivity contribution < 1.29 is 18.7 Å². The number of piperazine rings is 1. The van der Waals surface area contributed by atoms with Crippen LogP contribution in [-0.4, -0.2) is 55.0 Å². The van der Waals surface area contributed by atoms with Gasteiger partial charge in [-0.05, 0) is 31.0 Å². The number of halogens is 1. The molecule has 1 aromatic heterocycles. The van der Waals surface area contributed by atoms with Crippen molar-refractivity contribution in [1.82, 2.24) is 9.88 Å². The van der Waals surface area contributed by atoms with Gasteiger partial charge in [-0.1, -0.05) is 19.1 Å². The van der Waals surface area contributed by atoms with Gasteiger partial charge in [0.25, 0.3) is 5.91 Å². The molecule has 1 amide bonds. The van der Waals surface area contributed by atoms with Crippen molar-refractivity contribution in [3.8, 4) is 0 Å². The third-order valence-electron chi connectivity index (χ3n) is 5.04. The summed E-state index contributed by atoms with van der Waals surface area (Å²) < 4.78 is 18.8. The van der Waals surface area contributed by atoms with E-state index < -0.39 is 5.97 Å². The lowest BCUT2D eigenvalue weighted by molar-refractivity contribution is 0.0599. The molecule has 1 aliphatic rings. The topological polar surface area (TPSA) is 65.6 Å². The number of carbonyl (C=O) groups excluding carboxylic acids is 2. The predicted molar refractivity (Wildman–Crippen MR) is 101 cm³/mol. The van der Waals surface area contributed by atoms with Gasteiger partial charge in [-0.15, -0.1) is 0 Å². The first kappa shape index (κ1) is 18.9. The maximum atomic E-state index is 14.0. The van der Waals surface area contributed by atoms with Gasteiger partial charge >= 0.3 is 5.97 Å². The average molecular weight is 373 g/mol. The maximum Gasteiger partial charge on any atom is 0.339 e. The van der Waals surface area contributed by atoms with Crippen molar-refractivity contribution >= 4 is 17.6 Å². The van der Waals surface area contributed by atoms with Gasteiger partial charge in [0.15, 0.2) is 0 Å². The molecule has 144 valence electrons. The van der Waals surface area contributed by atoms with E-state index >= 15 is 0 Å². The average Bonchev–Trinajstić information content (AvgIpc) is 3.03. The number of hydrogen-bond donors (Lipinski definition) is 1. The van der Waals surface area contributed by atoms with Crippen molar-refractivity contribution in [3.63, 3.8) is 0 Å². The molecule has 0 aliphatic carbocycles. The van der Waals surface area contributed by atoms with E-state index in [4.69, 9.17) is 4.74 Å². The molecule has 2 heterocycles. The van der Waals surface area contributed by atoms with Crippen LogP contribution in [0.15, 0.2) is 24.3 Å². The number of aryl methyl sites for hydroxylation is 1. The summed E-state index contributed by atoms with van der Waals surface area (Å²) in [7, 11) is 1.33. The first-order valence-electron chi connectivity index (χ1n) is 9.06. The van der Waals surface area contributed by atoms with Crippen LogP contribution >= 0.6 is 0 Å². The fourth-order valence-electron chi connectivity index (χ4n) is 3.53. The minimum absolute atomic E-state index is 0.148. The van der Waals surface area contributed by atoms with Gasteiger partial charge in [0.2, 0.25) is 0 Å². The fourth-order valence-corrected chi connectivity index (χ4v) is 3.53. The molecule has 0 atom stereocenters. The van der Waals surface area contributed by atoms with Gasteiger partial charge in [0.05, 0.1) is 18.4 Å². The third-order valence-corrected chi connectivity index (χ3v) is 5.04. The number of esters is 1. The first-order chi connectivity index (χ1) is 13.0. The van der Waals surface area contributed by atoms with Gasteiger partial charge in [-0.3, -0.25) is 4.79 Å². The number of benzene rings is 1. The first-order valence-corrected chi connectivity index (χ1v) is 9.06. The van der Waals surface area contributed by atoms with Gasteiger partial charge in [0, 0.05) is 31.9 Å². The van der Waals surface area contributed by atoms with Gasteiger partial charge in [0.1, 0.15) is 11.5 Å². The zero-order valence-corrected chi connectivity index (χ0v) is 15.8. The third kappa shape index (κ3) is 3.54. The highest BCUT2D eigenvalue weighted by molar-refractivity contribution is 6.00. The molecule has 27 heavy (non-hydrogen) atoms. The van der Waals surface area contributed by atoms with Gasteiger partial charge < -0.3 is 19.5 Å². The lowest BCUT2D eigenvalue weighted by atomic mass is 10.1. The second-order valence-corrected chi connectivity index (χ2v) is 6.55. The highest BCUT2D eigenvalue weighted by Crippen LogP contribution is 2.24. The monoisotopic (exact) mass is 373 g/mol. The Morgan fingerprint density at radius 2 is 1.85 bits per heavy atom. The van der Waals surface area contributed by atoms with Crippen molar-refractivity contribution in [2.45, 2.75) is 20.3 Å². The second-order valence-electron chi connectivity index (χ2n) is 6.55. The number of H-pyrrole nitrogens is 1. The Kier molecular flexibility index (Phi) is 5.48. The number of ether oxygens (including phenoxy) is 1. The summed E-state index contributed by atoms with van der Waals surface area (Å²) in [6, 6.07) is 6.66. The Morgan fingerprint density at radius 3 is 2.44 bits per heavy atom. The van der Waals surface area contributed by atoms with E-state index in [-0.39, 0.29) is 11.7 Å². The molecule has 6 nitrogen and oxygen atoms in total. The number of hydrogen-bond acceptors (Lipinski definition) is 4. The lowest BCUT2D eigenvalue weighted by Gasteiger charge is -2.36. The van der Waals surface area contributed by atoms with Gasteiger partial charge in [-0.25, -0.2) is 9.18 Å². The van der Waals surface area contributed by atoms with E-state index in [2.05, 4.69) is 4.98 Å². The van der Waals surface area contributed by atoms with Gasteiger partial charge in [-0.2, -0.15) is 0 Å². The lowest BCUT2D eigenvalue weighted by Crippen LogP contribution is -2.49. The Bertz CT molecular complexity index is 854. The summed E-state index contributed by atoms with van der Waals surface area (Å²) in [6.07, 6.45) is 0.597. The highest BCUT2D eigenvalue weighted by atomic mass is 19.1. The minimum Gasteiger partial charge on any atom is -0.465 e. The molecule has 1 N–H and O–H groups in total. The number of para-hydroxylation sites is 1. The van der Waals surface area contributed by atoms with Crippen LogP contribution in [-0.2, 0) is 11.2 Å². The Hall–Kier alpha value is -2.83. The predicted octanol–water partition coefficient (Wildman–Crippen LogP) is 2.77. The molecule has 0 spiro atoms. The summed E-state index contributed by atoms with van der Waals surface area (Å²) in [6.45, 7) is 5.75. The number of rotatable bonds is 4. The zero-order valence-electron chi connectivity index (χ0n) is 15.8. The van der Waals surface area contributed by atoms with E-state index in [1.54, 1.807) is 30.0 Å². The summed E-state index contributed by atoms with van der Waals surface area (Å²) in [4.78, 5) is 31.8. The van der Waals surface area contributed by atoms with E-state index in [1.165, 1.54) is 13.2 Å². The summed E-state index contributed by atoms with van der Waals surface area (Å²) in [5, 5.41) is 0. The molecule has 1 fully saturated rings. The Labute approximate surface area is 157 Å². The number of methoxy groups -OCH3 is 1. The second kappa shape index (κ2) is 7.82. The molecule has 0 bridgehead atoms. The molecule has 3 rings (SSSR count). The molecule has 7 heteroatoms. The molecule has 1 aliphatic heterocycles. The molecular weight excluding hydrogens is 349 g/mol. The molecule has 1 saturated heterocycles. The number of nitrogens with one attached hydrogen (secondary N) is 1. The Morgan fingerprint density at radius 1 is 1.19 bits per heavy atom. The summed E-state index contributed by atoms with van der Waals surface area (Å²) >= 11 is 0. The SMILES string of the molecule is CCc1[nH]c(C(=O)N2CCN(c3ccccc3F)CC2)c(C)c1C(=O)OC. The van der Waals surface area contributed by atoms with Crippen molar-refractivity contribution in [2.75, 3.05) is 38.2 Å². The molecule has 1 aromatic carbocycles. The maximum absolute atomic E-state index is 14.0. The standard InChI is InChI=1S/C20H24FN3O3/c1-4-15-17(20(26)27-3)13(2)18(22-15)19(25)24-11-9-23(10-12-24)16-8-6-5-7-14(16)21/h5-8,22H,4,9-12H2,1-3H3. The number of nitrogens with zero attached hydrogens (tertiary/aromatic N) is 2. The zero-order chi connectivity index (χ0) is 19.6. The number of aromatic nitrogens is 1. The van der Waals surface area contributed by atoms with Crippen molar-refractivity contribution in [3.05, 3.63) is 52.6 Å². The highest BCUT2D eigenvalue weighted by Gasteiger charge is 2.29. The van der Waals surface area contributed by atoms with E-state index in [0.717, 1.165) is 0 Å². The molecule has 0 radical (unpaired) electrons. The minimum atomic E-state index is -0.441. The van der Waals surface area contributed by atoms with Crippen molar-refractivity contribution in [1.29, 1.82) is 0 Å². The fraction of sp³-hybridized carbons (Fsp3) is 0.400. The Balaban J connectivity index is 1.76. The largest absolute Gasteiger partial charge is 0.465 e. The summed E-state index contributed by atoms with van der Waals surface area (Å²) in [5.41, 5.74) is 2.73. The van der Waals surface area contributed by atoms with E-state index in [9.17, 15) is 14.0 Å². The van der Waals surface area contributed by atoms with Crippen LogP contribution < -0.4 is 4.90 Å². The van der Waals surface area contributed by atoms with Crippen molar-refractivity contribution in [2.24, 2.45) is 0 Å². The van der Waals surface area contributed by atoms with E-state index in [0.29, 0.717) is 60.8 Å². The molecule has 0 unspecified atom stereocenters. The van der Waals surface area contributed by atoms with Crippen LogP contribution in [0.1, 0.15) is 39.0 Å². The molecule has 0 saturated carbocycles. The van der Waals surface area contributed by atoms with Crippen LogP contribution in [0.25, 0.3) is 0 Å². The van der Waals surface area contributed by atoms with Crippen LogP contribution in [0.5, 0.6) is 0 Å². The quantitative estimate of drug-likeness (QED) is 0.837. The number of anilines is 1. The number of aromatic amines is 1. The molecule has 2 aromatic rings. The van der Waals surface area contributed by atoms with Crippen LogP contribution in [0.4, 0.5) is 10.1 Å². The van der Waals surface area contributed by atoms with Crippen LogP contribution in [0, 0.1) is 12.7 Å². The van der Waals surface area contributed by atoms with E-state index in [1.807, 2.05) is 11.8 Å². The normalized spacial score (nSPS) is 14.4. The molecular formula is C20H24FN3O3. The van der Waals surface area contributed by atoms with Crippen LogP contribution in [0.2, 0.25) is 0 Å². The number of carbonyl (C=O) groups is 2. The summed E-state index contributed by atoms with van der Waals surface area (Å²) in [5.74, 6) is -0.845. The van der Waals surface area contributed by atoms with Crippen LogP contribution in [0.3, 0.4) is 0 Å². The smallest absolute Gasteiger partial charge is 0.339 e.